The second-order valence-corrected chi connectivity index (χ2v) is 8.29. The molecular formula is C30H26N2O6. The van der Waals surface area contributed by atoms with Crippen LogP contribution >= 0.6 is 0 Å². The minimum atomic E-state index is -0.976. The first-order valence-electron chi connectivity index (χ1n) is 11.6. The van der Waals surface area contributed by atoms with Gasteiger partial charge in [0.1, 0.15) is 0 Å². The predicted octanol–water partition coefficient (Wildman–Crippen LogP) is 4.25. The first-order chi connectivity index (χ1) is 18.2. The summed E-state index contributed by atoms with van der Waals surface area (Å²) in [7, 11) is 0. The van der Waals surface area contributed by atoms with Crippen molar-refractivity contribution in [1.82, 2.24) is 0 Å². The van der Waals surface area contributed by atoms with Crippen LogP contribution in [-0.2, 0) is 22.4 Å². The molecule has 0 amide bonds. The molecule has 0 radical (unpaired) electrons. The van der Waals surface area contributed by atoms with Crippen molar-refractivity contribution < 1.29 is 29.4 Å². The van der Waals surface area contributed by atoms with Crippen LogP contribution in [0.5, 0.6) is 0 Å². The molecule has 0 aliphatic carbocycles. The average Bonchev–Trinajstić information content (AvgIpc) is 2.91. The molecule has 4 aromatic rings. The number of benzene rings is 4. The number of hydrogen-bond donors (Lipinski definition) is 4. The van der Waals surface area contributed by atoms with E-state index in [-0.39, 0.29) is 35.8 Å². The number of carboxylic acids is 2. The van der Waals surface area contributed by atoms with Crippen molar-refractivity contribution in [2.45, 2.75) is 12.8 Å². The Balaban J connectivity index is 0.000000211. The average molecular weight is 511 g/mol. The summed E-state index contributed by atoms with van der Waals surface area (Å²) in [5, 5.41) is 17.6. The highest BCUT2D eigenvalue weighted by atomic mass is 16.4. The van der Waals surface area contributed by atoms with Gasteiger partial charge in [-0.3, -0.25) is 19.2 Å². The van der Waals surface area contributed by atoms with E-state index in [1.807, 2.05) is 12.1 Å². The minimum absolute atomic E-state index is 0.193. The van der Waals surface area contributed by atoms with Gasteiger partial charge in [-0.15, -0.1) is 0 Å². The zero-order valence-electron chi connectivity index (χ0n) is 20.3. The third-order valence-corrected chi connectivity index (χ3v) is 5.64. The fourth-order valence-electron chi connectivity index (χ4n) is 3.75. The van der Waals surface area contributed by atoms with Crippen molar-refractivity contribution in [1.29, 1.82) is 0 Å². The van der Waals surface area contributed by atoms with Gasteiger partial charge in [0.05, 0.1) is 12.8 Å². The summed E-state index contributed by atoms with van der Waals surface area (Å²) in [4.78, 5) is 46.0. The molecule has 0 unspecified atom stereocenters. The zero-order valence-corrected chi connectivity index (χ0v) is 20.3. The number of aliphatic carboxylic acids is 2. The molecule has 8 nitrogen and oxygen atoms in total. The Bertz CT molecular complexity index is 1350. The minimum Gasteiger partial charge on any atom is -0.481 e. The van der Waals surface area contributed by atoms with Crippen molar-refractivity contribution in [3.63, 3.8) is 0 Å². The molecule has 192 valence electrons. The number of rotatable bonds is 8. The highest BCUT2D eigenvalue weighted by Gasteiger charge is 2.16. The standard InChI is InChI=1S/2C15H13NO3/c2*16-14-11(9-13(17)18)7-4-8-12(14)15(19)10-5-2-1-3-6-10/h2*1-8H,9,16H2,(H,17,18). The van der Waals surface area contributed by atoms with Gasteiger partial charge in [-0.2, -0.15) is 0 Å². The van der Waals surface area contributed by atoms with Gasteiger partial charge in [0.25, 0.3) is 0 Å². The van der Waals surface area contributed by atoms with Gasteiger partial charge in [0.2, 0.25) is 0 Å². The third-order valence-electron chi connectivity index (χ3n) is 5.64. The maximum Gasteiger partial charge on any atom is 0.307 e. The van der Waals surface area contributed by atoms with E-state index in [2.05, 4.69) is 0 Å². The fraction of sp³-hybridized carbons (Fsp3) is 0.0667. The topological polar surface area (TPSA) is 161 Å². The van der Waals surface area contributed by atoms with Crippen LogP contribution in [0, 0.1) is 0 Å². The van der Waals surface area contributed by atoms with E-state index in [1.54, 1.807) is 84.9 Å². The monoisotopic (exact) mass is 510 g/mol. The van der Waals surface area contributed by atoms with Crippen molar-refractivity contribution in [2.75, 3.05) is 11.5 Å². The van der Waals surface area contributed by atoms with Gasteiger partial charge in [-0.05, 0) is 23.3 Å². The molecule has 0 aromatic heterocycles. The molecule has 4 aromatic carbocycles. The van der Waals surface area contributed by atoms with E-state index in [0.717, 1.165) is 0 Å². The molecule has 0 saturated carbocycles. The lowest BCUT2D eigenvalue weighted by atomic mass is 9.98. The number of carbonyl (C=O) groups is 4. The molecule has 0 fully saturated rings. The van der Waals surface area contributed by atoms with Crippen LogP contribution < -0.4 is 11.5 Å². The van der Waals surface area contributed by atoms with Crippen LogP contribution in [0.4, 0.5) is 11.4 Å². The summed E-state index contributed by atoms with van der Waals surface area (Å²) < 4.78 is 0. The van der Waals surface area contributed by atoms with Crippen molar-refractivity contribution in [2.24, 2.45) is 0 Å². The molecule has 0 aliphatic heterocycles. The number of nitrogen functional groups attached to an aromatic ring is 2. The first-order valence-corrected chi connectivity index (χ1v) is 11.6. The molecule has 38 heavy (non-hydrogen) atoms. The van der Waals surface area contributed by atoms with Crippen LogP contribution in [0.15, 0.2) is 97.1 Å². The Morgan fingerprint density at radius 1 is 0.500 bits per heavy atom. The zero-order chi connectivity index (χ0) is 27.7. The summed E-state index contributed by atoms with van der Waals surface area (Å²) in [6.45, 7) is 0. The molecule has 0 aliphatic rings. The summed E-state index contributed by atoms with van der Waals surface area (Å²) in [6, 6.07) is 27.2. The van der Waals surface area contributed by atoms with Crippen molar-refractivity contribution in [3.05, 3.63) is 130 Å². The fourth-order valence-corrected chi connectivity index (χ4v) is 3.75. The number of para-hydroxylation sites is 2. The molecule has 0 atom stereocenters. The van der Waals surface area contributed by atoms with E-state index < -0.39 is 11.9 Å². The lowest BCUT2D eigenvalue weighted by Gasteiger charge is -2.09. The summed E-state index contributed by atoms with van der Waals surface area (Å²) >= 11 is 0. The Morgan fingerprint density at radius 2 is 0.842 bits per heavy atom. The van der Waals surface area contributed by atoms with Gasteiger partial charge in [0.15, 0.2) is 11.6 Å². The Kier molecular flexibility index (Phi) is 9.10. The Morgan fingerprint density at radius 3 is 1.16 bits per heavy atom. The molecular weight excluding hydrogens is 484 g/mol. The molecule has 4 rings (SSSR count). The second kappa shape index (κ2) is 12.6. The maximum absolute atomic E-state index is 12.3. The largest absolute Gasteiger partial charge is 0.481 e. The van der Waals surface area contributed by atoms with Gasteiger partial charge in [-0.1, -0.05) is 84.9 Å². The van der Waals surface area contributed by atoms with Gasteiger partial charge < -0.3 is 21.7 Å². The number of carboxylic acid groups (broad SMARTS) is 2. The van der Waals surface area contributed by atoms with E-state index in [9.17, 15) is 19.2 Å². The predicted molar refractivity (Wildman–Crippen MR) is 144 cm³/mol. The van der Waals surface area contributed by atoms with Crippen molar-refractivity contribution >= 4 is 34.9 Å². The summed E-state index contributed by atoms with van der Waals surface area (Å²) in [5.41, 5.74) is 14.9. The van der Waals surface area contributed by atoms with Gasteiger partial charge in [-0.25, -0.2) is 0 Å². The Labute approximate surface area is 219 Å². The number of nitrogens with two attached hydrogens (primary N) is 2. The third kappa shape index (κ3) is 6.92. The van der Waals surface area contributed by atoms with E-state index in [4.69, 9.17) is 21.7 Å². The molecule has 0 spiro atoms. The van der Waals surface area contributed by atoms with Crippen LogP contribution in [0.25, 0.3) is 0 Å². The van der Waals surface area contributed by atoms with E-state index in [1.165, 1.54) is 0 Å². The van der Waals surface area contributed by atoms with Crippen LogP contribution in [-0.4, -0.2) is 33.7 Å². The molecule has 6 N–H and O–H groups in total. The lowest BCUT2D eigenvalue weighted by molar-refractivity contribution is -0.137. The van der Waals surface area contributed by atoms with Crippen molar-refractivity contribution in [3.8, 4) is 0 Å². The van der Waals surface area contributed by atoms with E-state index in [0.29, 0.717) is 33.4 Å². The van der Waals surface area contributed by atoms with Gasteiger partial charge >= 0.3 is 11.9 Å². The number of carbonyl (C=O) groups excluding carboxylic acids is 2. The smallest absolute Gasteiger partial charge is 0.307 e. The normalized spacial score (nSPS) is 10.1. The molecule has 0 saturated heterocycles. The molecule has 8 heteroatoms. The highest BCUT2D eigenvalue weighted by Crippen LogP contribution is 2.22. The molecule has 0 bridgehead atoms. The highest BCUT2D eigenvalue weighted by molar-refractivity contribution is 6.13. The van der Waals surface area contributed by atoms with E-state index >= 15 is 0 Å². The number of hydrogen-bond acceptors (Lipinski definition) is 6. The number of ketones is 2. The second-order valence-electron chi connectivity index (χ2n) is 8.29. The summed E-state index contributed by atoms with van der Waals surface area (Å²) in [6.07, 6.45) is -0.385. The van der Waals surface area contributed by atoms with Crippen LogP contribution in [0.2, 0.25) is 0 Å². The number of anilines is 2. The first kappa shape index (κ1) is 27.3. The SMILES string of the molecule is Nc1c(CC(=O)O)cccc1C(=O)c1ccccc1.Nc1c(CC(=O)O)cccc1C(=O)c1ccccc1. The van der Waals surface area contributed by atoms with Crippen LogP contribution in [0.1, 0.15) is 43.0 Å². The quantitative estimate of drug-likeness (QED) is 0.202. The lowest BCUT2D eigenvalue weighted by Crippen LogP contribution is -2.10. The summed E-state index contributed by atoms with van der Waals surface area (Å²) in [5.74, 6) is -2.36. The molecule has 0 heterocycles. The van der Waals surface area contributed by atoms with Gasteiger partial charge in [0, 0.05) is 33.6 Å². The Hall–Kier alpha value is -5.24. The maximum atomic E-state index is 12.3. The van der Waals surface area contributed by atoms with Crippen LogP contribution in [0.3, 0.4) is 0 Å².